The lowest BCUT2D eigenvalue weighted by Gasteiger charge is -2.08. The number of hydrogen-bond acceptors (Lipinski definition) is 2. The van der Waals surface area contributed by atoms with Gasteiger partial charge in [-0.1, -0.05) is 27.9 Å². The fraction of sp³-hybridized carbons (Fsp3) is 0.0625. The van der Waals surface area contributed by atoms with Crippen molar-refractivity contribution in [3.8, 4) is 18.1 Å². The number of halogens is 1. The summed E-state index contributed by atoms with van der Waals surface area (Å²) in [4.78, 5) is 11.8. The monoisotopic (exact) mass is 329 g/mol. The molecule has 2 aromatic carbocycles. The van der Waals surface area contributed by atoms with Gasteiger partial charge in [0.15, 0.2) is 6.61 Å². The minimum Gasteiger partial charge on any atom is -0.484 e. The molecule has 0 unspecified atom stereocenters. The van der Waals surface area contributed by atoms with E-state index in [9.17, 15) is 4.79 Å². The molecule has 0 aromatic heterocycles. The highest BCUT2D eigenvalue weighted by Gasteiger charge is 2.04. The first kappa shape index (κ1) is 14.2. The van der Waals surface area contributed by atoms with Crippen LogP contribution in [0.4, 0.5) is 5.69 Å². The standard InChI is InChI=1S/C16H12BrNO2/c1-2-12-4-3-5-14(10-12)18-16(19)11-20-15-8-6-13(17)7-9-15/h1,3-10H,11H2,(H,18,19). The average Bonchev–Trinajstić information content (AvgIpc) is 2.47. The van der Waals surface area contributed by atoms with Crippen LogP contribution in [0.3, 0.4) is 0 Å². The summed E-state index contributed by atoms with van der Waals surface area (Å²) in [6, 6.07) is 14.4. The van der Waals surface area contributed by atoms with Crippen LogP contribution in [0.1, 0.15) is 5.56 Å². The molecule has 0 spiro atoms. The Balaban J connectivity index is 1.89. The molecule has 0 aliphatic heterocycles. The molecule has 0 atom stereocenters. The van der Waals surface area contributed by atoms with E-state index in [1.165, 1.54) is 0 Å². The lowest BCUT2D eigenvalue weighted by atomic mass is 10.2. The van der Waals surface area contributed by atoms with Crippen LogP contribution in [-0.2, 0) is 4.79 Å². The minimum atomic E-state index is -0.234. The maximum atomic E-state index is 11.8. The Morgan fingerprint density at radius 1 is 1.25 bits per heavy atom. The van der Waals surface area contributed by atoms with Gasteiger partial charge in [-0.3, -0.25) is 4.79 Å². The van der Waals surface area contributed by atoms with Crippen LogP contribution in [0.15, 0.2) is 53.0 Å². The zero-order valence-corrected chi connectivity index (χ0v) is 12.2. The number of amides is 1. The maximum absolute atomic E-state index is 11.8. The summed E-state index contributed by atoms with van der Waals surface area (Å²) in [6.07, 6.45) is 5.31. The fourth-order valence-electron chi connectivity index (χ4n) is 1.56. The third-order valence-electron chi connectivity index (χ3n) is 2.50. The van der Waals surface area contributed by atoms with E-state index in [0.29, 0.717) is 11.4 Å². The molecule has 0 heterocycles. The molecule has 0 saturated heterocycles. The zero-order chi connectivity index (χ0) is 14.4. The van der Waals surface area contributed by atoms with Gasteiger partial charge in [0.05, 0.1) is 0 Å². The lowest BCUT2D eigenvalue weighted by Crippen LogP contribution is -2.20. The Kier molecular flexibility index (Phi) is 4.80. The number of carbonyl (C=O) groups is 1. The highest BCUT2D eigenvalue weighted by molar-refractivity contribution is 9.10. The summed E-state index contributed by atoms with van der Waals surface area (Å²) in [5, 5.41) is 2.73. The van der Waals surface area contributed by atoms with Crippen molar-refractivity contribution in [3.63, 3.8) is 0 Å². The van der Waals surface area contributed by atoms with Crippen molar-refractivity contribution in [2.75, 3.05) is 11.9 Å². The second-order valence-electron chi connectivity index (χ2n) is 4.02. The molecule has 3 nitrogen and oxygen atoms in total. The summed E-state index contributed by atoms with van der Waals surface area (Å²) < 4.78 is 6.34. The first-order valence-electron chi connectivity index (χ1n) is 5.92. The molecule has 0 radical (unpaired) electrons. The van der Waals surface area contributed by atoms with Crippen LogP contribution in [0.2, 0.25) is 0 Å². The van der Waals surface area contributed by atoms with Gasteiger partial charge in [-0.05, 0) is 42.5 Å². The van der Waals surface area contributed by atoms with E-state index < -0.39 is 0 Å². The molecule has 2 rings (SSSR count). The summed E-state index contributed by atoms with van der Waals surface area (Å²) in [5.41, 5.74) is 1.38. The Labute approximate surface area is 126 Å². The Morgan fingerprint density at radius 2 is 2.00 bits per heavy atom. The van der Waals surface area contributed by atoms with E-state index >= 15 is 0 Å². The minimum absolute atomic E-state index is 0.0537. The SMILES string of the molecule is C#Cc1cccc(NC(=O)COc2ccc(Br)cc2)c1. The average molecular weight is 330 g/mol. The van der Waals surface area contributed by atoms with Gasteiger partial charge in [-0.15, -0.1) is 6.42 Å². The molecule has 100 valence electrons. The highest BCUT2D eigenvalue weighted by atomic mass is 79.9. The molecule has 0 aliphatic carbocycles. The van der Waals surface area contributed by atoms with Gasteiger partial charge in [0, 0.05) is 15.7 Å². The molecular weight excluding hydrogens is 318 g/mol. The molecule has 0 fully saturated rings. The van der Waals surface area contributed by atoms with E-state index in [1.54, 1.807) is 36.4 Å². The number of nitrogens with one attached hydrogen (secondary N) is 1. The third-order valence-corrected chi connectivity index (χ3v) is 3.03. The molecule has 1 N–H and O–H groups in total. The summed E-state index contributed by atoms with van der Waals surface area (Å²) in [7, 11) is 0. The second kappa shape index (κ2) is 6.78. The number of hydrogen-bond donors (Lipinski definition) is 1. The van der Waals surface area contributed by atoms with Crippen LogP contribution in [0.5, 0.6) is 5.75 Å². The van der Waals surface area contributed by atoms with Crippen molar-refractivity contribution < 1.29 is 9.53 Å². The quantitative estimate of drug-likeness (QED) is 0.872. The molecule has 0 aliphatic rings. The van der Waals surface area contributed by atoms with Crippen LogP contribution in [0.25, 0.3) is 0 Å². The Morgan fingerprint density at radius 3 is 2.70 bits per heavy atom. The van der Waals surface area contributed by atoms with Crippen molar-refractivity contribution in [2.24, 2.45) is 0 Å². The summed E-state index contributed by atoms with van der Waals surface area (Å²) in [6.45, 7) is -0.0537. The maximum Gasteiger partial charge on any atom is 0.262 e. The summed E-state index contributed by atoms with van der Waals surface area (Å²) in [5.74, 6) is 2.92. The first-order chi connectivity index (χ1) is 9.67. The van der Waals surface area contributed by atoms with Gasteiger partial charge in [-0.25, -0.2) is 0 Å². The molecule has 2 aromatic rings. The van der Waals surface area contributed by atoms with Gasteiger partial charge < -0.3 is 10.1 Å². The second-order valence-corrected chi connectivity index (χ2v) is 4.93. The number of anilines is 1. The van der Waals surface area contributed by atoms with Gasteiger partial charge in [-0.2, -0.15) is 0 Å². The fourth-order valence-corrected chi connectivity index (χ4v) is 1.83. The van der Waals surface area contributed by atoms with Crippen LogP contribution in [0, 0.1) is 12.3 Å². The Hall–Kier alpha value is -2.25. The Bertz CT molecular complexity index is 644. The third kappa shape index (κ3) is 4.15. The van der Waals surface area contributed by atoms with E-state index in [0.717, 1.165) is 10.0 Å². The zero-order valence-electron chi connectivity index (χ0n) is 10.6. The van der Waals surface area contributed by atoms with Crippen LogP contribution >= 0.6 is 15.9 Å². The number of benzene rings is 2. The molecule has 20 heavy (non-hydrogen) atoms. The largest absolute Gasteiger partial charge is 0.484 e. The van der Waals surface area contributed by atoms with E-state index in [1.807, 2.05) is 12.1 Å². The lowest BCUT2D eigenvalue weighted by molar-refractivity contribution is -0.118. The van der Waals surface area contributed by atoms with Crippen molar-refractivity contribution in [1.82, 2.24) is 0 Å². The van der Waals surface area contributed by atoms with Gasteiger partial charge in [0.25, 0.3) is 5.91 Å². The van der Waals surface area contributed by atoms with E-state index in [-0.39, 0.29) is 12.5 Å². The van der Waals surface area contributed by atoms with Crippen molar-refractivity contribution in [2.45, 2.75) is 0 Å². The van der Waals surface area contributed by atoms with Gasteiger partial charge in [0.1, 0.15) is 5.75 Å². The van der Waals surface area contributed by atoms with Gasteiger partial charge in [0.2, 0.25) is 0 Å². The van der Waals surface area contributed by atoms with Crippen molar-refractivity contribution in [3.05, 3.63) is 58.6 Å². The number of ether oxygens (including phenoxy) is 1. The van der Waals surface area contributed by atoms with Crippen molar-refractivity contribution >= 4 is 27.5 Å². The molecular formula is C16H12BrNO2. The van der Waals surface area contributed by atoms with E-state index in [4.69, 9.17) is 11.2 Å². The van der Waals surface area contributed by atoms with Crippen LogP contribution < -0.4 is 10.1 Å². The predicted octanol–water partition coefficient (Wildman–Crippen LogP) is 3.45. The predicted molar refractivity (Wildman–Crippen MR) is 82.6 cm³/mol. The normalized spacial score (nSPS) is 9.60. The molecule has 1 amide bonds. The molecule has 4 heteroatoms. The van der Waals surface area contributed by atoms with Crippen molar-refractivity contribution in [1.29, 1.82) is 0 Å². The van der Waals surface area contributed by atoms with Crippen LogP contribution in [-0.4, -0.2) is 12.5 Å². The number of rotatable bonds is 4. The van der Waals surface area contributed by atoms with Gasteiger partial charge >= 0.3 is 0 Å². The smallest absolute Gasteiger partial charge is 0.262 e. The first-order valence-corrected chi connectivity index (χ1v) is 6.71. The summed E-state index contributed by atoms with van der Waals surface area (Å²) >= 11 is 3.33. The highest BCUT2D eigenvalue weighted by Crippen LogP contribution is 2.16. The number of terminal acetylenes is 1. The molecule has 0 bridgehead atoms. The van der Waals surface area contributed by atoms with E-state index in [2.05, 4.69) is 27.2 Å². The topological polar surface area (TPSA) is 38.3 Å². The molecule has 0 saturated carbocycles. The number of carbonyl (C=O) groups excluding carboxylic acids is 1.